The topological polar surface area (TPSA) is 26.3 Å². The van der Waals surface area contributed by atoms with E-state index in [1.807, 2.05) is 36.4 Å². The molecule has 3 rings (SSSR count). The first-order valence-corrected chi connectivity index (χ1v) is 5.65. The fraction of sp³-hybridized carbons (Fsp3) is 0.133. The summed E-state index contributed by atoms with van der Waals surface area (Å²) in [5.74, 6) is 0. The molecule has 2 heteroatoms. The Morgan fingerprint density at radius 1 is 0.941 bits per heavy atom. The third kappa shape index (κ3) is 1.62. The van der Waals surface area contributed by atoms with Crippen molar-refractivity contribution >= 4 is 6.47 Å². The van der Waals surface area contributed by atoms with Crippen molar-refractivity contribution in [1.82, 2.24) is 0 Å². The van der Waals surface area contributed by atoms with E-state index >= 15 is 0 Å². The number of fused-ring (bicyclic) bond motifs is 2. The normalized spacial score (nSPS) is 13.6. The van der Waals surface area contributed by atoms with Gasteiger partial charge < -0.3 is 4.74 Å². The average Bonchev–Trinajstić information content (AvgIpc) is 2.39. The van der Waals surface area contributed by atoms with Crippen LogP contribution >= 0.6 is 0 Å². The number of rotatable bonds is 2. The van der Waals surface area contributed by atoms with E-state index in [1.54, 1.807) is 0 Å². The zero-order valence-corrected chi connectivity index (χ0v) is 9.30. The third-order valence-electron chi connectivity index (χ3n) is 3.25. The van der Waals surface area contributed by atoms with E-state index in [-0.39, 0.29) is 6.10 Å². The van der Waals surface area contributed by atoms with Crippen LogP contribution in [0.2, 0.25) is 0 Å². The van der Waals surface area contributed by atoms with Crippen LogP contribution in [-0.4, -0.2) is 6.47 Å². The highest BCUT2D eigenvalue weighted by Gasteiger charge is 2.25. The highest BCUT2D eigenvalue weighted by molar-refractivity contribution is 5.50. The van der Waals surface area contributed by atoms with Crippen LogP contribution < -0.4 is 0 Å². The highest BCUT2D eigenvalue weighted by atomic mass is 16.5. The second-order valence-electron chi connectivity index (χ2n) is 4.19. The van der Waals surface area contributed by atoms with Crippen molar-refractivity contribution in [3.63, 3.8) is 0 Å². The minimum Gasteiger partial charge on any atom is -0.455 e. The van der Waals surface area contributed by atoms with Crippen molar-refractivity contribution < 1.29 is 9.53 Å². The van der Waals surface area contributed by atoms with Gasteiger partial charge in [0.05, 0.1) is 0 Å². The van der Waals surface area contributed by atoms with E-state index in [2.05, 4.69) is 12.1 Å². The van der Waals surface area contributed by atoms with Crippen molar-refractivity contribution in [2.75, 3.05) is 0 Å². The van der Waals surface area contributed by atoms with Gasteiger partial charge in [-0.2, -0.15) is 0 Å². The summed E-state index contributed by atoms with van der Waals surface area (Å²) in [6, 6.07) is 16.2. The molecule has 84 valence electrons. The molecule has 0 aliphatic heterocycles. The van der Waals surface area contributed by atoms with Gasteiger partial charge >= 0.3 is 0 Å². The molecule has 17 heavy (non-hydrogen) atoms. The summed E-state index contributed by atoms with van der Waals surface area (Å²) >= 11 is 0. The predicted octanol–water partition coefficient (Wildman–Crippen LogP) is 2.85. The lowest BCUT2D eigenvalue weighted by atomic mass is 9.84. The van der Waals surface area contributed by atoms with E-state index in [1.165, 1.54) is 11.1 Å². The van der Waals surface area contributed by atoms with E-state index in [9.17, 15) is 4.79 Å². The molecule has 1 aliphatic carbocycles. The number of carbonyl (C=O) groups is 1. The minimum atomic E-state index is -0.256. The summed E-state index contributed by atoms with van der Waals surface area (Å²) in [6.45, 7) is 0.531. The van der Waals surface area contributed by atoms with Crippen LogP contribution in [0.15, 0.2) is 48.5 Å². The zero-order valence-electron chi connectivity index (χ0n) is 9.30. The largest absolute Gasteiger partial charge is 0.455 e. The lowest BCUT2D eigenvalue weighted by Gasteiger charge is -2.26. The number of benzene rings is 2. The molecule has 2 nitrogen and oxygen atoms in total. The lowest BCUT2D eigenvalue weighted by molar-refractivity contribution is -0.132. The van der Waals surface area contributed by atoms with Gasteiger partial charge in [0, 0.05) is 11.1 Å². The standard InChI is InChI=1S/C15H12O2/c16-10-17-15-13-7-3-1-5-11(13)9-12-6-2-4-8-14(12)15/h1-8,10,15H,9H2. The molecule has 1 aliphatic rings. The van der Waals surface area contributed by atoms with E-state index < -0.39 is 0 Å². The molecule has 0 spiro atoms. The molecule has 0 aromatic heterocycles. The number of hydrogen-bond donors (Lipinski definition) is 0. The van der Waals surface area contributed by atoms with Crippen molar-refractivity contribution in [1.29, 1.82) is 0 Å². The Hall–Kier alpha value is -2.09. The SMILES string of the molecule is O=COC1c2ccccc2Cc2ccccc21. The van der Waals surface area contributed by atoms with Gasteiger partial charge in [-0.3, -0.25) is 4.79 Å². The Labute approximate surface area is 99.9 Å². The Balaban J connectivity index is 2.16. The summed E-state index contributed by atoms with van der Waals surface area (Å²) in [5.41, 5.74) is 4.66. The quantitative estimate of drug-likeness (QED) is 0.733. The predicted molar refractivity (Wildman–Crippen MR) is 64.7 cm³/mol. The smallest absolute Gasteiger partial charge is 0.294 e. The van der Waals surface area contributed by atoms with Gasteiger partial charge in [-0.25, -0.2) is 0 Å². The number of ether oxygens (including phenoxy) is 1. The summed E-state index contributed by atoms with van der Waals surface area (Å²) in [5, 5.41) is 0. The fourth-order valence-corrected chi connectivity index (χ4v) is 2.48. The highest BCUT2D eigenvalue weighted by Crippen LogP contribution is 2.36. The van der Waals surface area contributed by atoms with Crippen molar-refractivity contribution in [3.05, 3.63) is 70.8 Å². The summed E-state index contributed by atoms with van der Waals surface area (Å²) in [6.07, 6.45) is 0.652. The maximum atomic E-state index is 10.7. The molecule has 0 fully saturated rings. The molecule has 0 amide bonds. The maximum absolute atomic E-state index is 10.7. The molecule has 2 aromatic carbocycles. The van der Waals surface area contributed by atoms with Gasteiger partial charge in [-0.15, -0.1) is 0 Å². The second kappa shape index (κ2) is 4.06. The molecule has 0 unspecified atom stereocenters. The van der Waals surface area contributed by atoms with Gasteiger partial charge in [0.2, 0.25) is 0 Å². The van der Waals surface area contributed by atoms with Crippen LogP contribution in [0.5, 0.6) is 0 Å². The molecule has 0 radical (unpaired) electrons. The number of carbonyl (C=O) groups excluding carboxylic acids is 1. The number of hydrogen-bond acceptors (Lipinski definition) is 2. The molecule has 0 heterocycles. The van der Waals surface area contributed by atoms with Crippen LogP contribution in [0.4, 0.5) is 0 Å². The van der Waals surface area contributed by atoms with Crippen LogP contribution in [-0.2, 0) is 16.0 Å². The first-order chi connectivity index (χ1) is 8.40. The first kappa shape index (κ1) is 10.1. The van der Waals surface area contributed by atoms with Gasteiger partial charge in [0.25, 0.3) is 6.47 Å². The van der Waals surface area contributed by atoms with Crippen molar-refractivity contribution in [3.8, 4) is 0 Å². The molecule has 0 bridgehead atoms. The van der Waals surface area contributed by atoms with E-state index in [0.717, 1.165) is 17.5 Å². The summed E-state index contributed by atoms with van der Waals surface area (Å²) < 4.78 is 5.26. The minimum absolute atomic E-state index is 0.256. The fourth-order valence-electron chi connectivity index (χ4n) is 2.48. The van der Waals surface area contributed by atoms with Gasteiger partial charge in [0.15, 0.2) is 6.10 Å². The Morgan fingerprint density at radius 2 is 1.47 bits per heavy atom. The molecular weight excluding hydrogens is 212 g/mol. The van der Waals surface area contributed by atoms with Crippen LogP contribution in [0, 0.1) is 0 Å². The van der Waals surface area contributed by atoms with E-state index in [4.69, 9.17) is 4.74 Å². The molecule has 0 N–H and O–H groups in total. The van der Waals surface area contributed by atoms with Gasteiger partial charge in [-0.05, 0) is 17.5 Å². The van der Waals surface area contributed by atoms with Crippen LogP contribution in [0.1, 0.15) is 28.4 Å². The maximum Gasteiger partial charge on any atom is 0.294 e. The summed E-state index contributed by atoms with van der Waals surface area (Å²) in [4.78, 5) is 10.7. The van der Waals surface area contributed by atoms with Crippen molar-refractivity contribution in [2.24, 2.45) is 0 Å². The lowest BCUT2D eigenvalue weighted by Crippen LogP contribution is -2.15. The Morgan fingerprint density at radius 3 is 2.00 bits per heavy atom. The monoisotopic (exact) mass is 224 g/mol. The first-order valence-electron chi connectivity index (χ1n) is 5.65. The molecule has 0 atom stereocenters. The second-order valence-corrected chi connectivity index (χ2v) is 4.19. The van der Waals surface area contributed by atoms with Crippen molar-refractivity contribution in [2.45, 2.75) is 12.5 Å². The van der Waals surface area contributed by atoms with Crippen LogP contribution in [0.3, 0.4) is 0 Å². The molecule has 0 saturated heterocycles. The summed E-state index contributed by atoms with van der Waals surface area (Å²) in [7, 11) is 0. The molecular formula is C15H12O2. The van der Waals surface area contributed by atoms with Gasteiger partial charge in [-0.1, -0.05) is 48.5 Å². The van der Waals surface area contributed by atoms with Crippen LogP contribution in [0.25, 0.3) is 0 Å². The third-order valence-corrected chi connectivity index (χ3v) is 3.25. The van der Waals surface area contributed by atoms with E-state index in [0.29, 0.717) is 6.47 Å². The Bertz CT molecular complexity index is 515. The molecule has 2 aromatic rings. The Kier molecular flexibility index (Phi) is 2.41. The zero-order chi connectivity index (χ0) is 11.7. The average molecular weight is 224 g/mol. The van der Waals surface area contributed by atoms with Gasteiger partial charge in [0.1, 0.15) is 0 Å². The molecule has 0 saturated carbocycles.